The van der Waals surface area contributed by atoms with Gasteiger partial charge in [-0.05, 0) is 43.6 Å². The smallest absolute Gasteiger partial charge is 0.0145 e. The molecule has 0 unspecified atom stereocenters. The fourth-order valence-corrected chi connectivity index (χ4v) is 3.18. The Morgan fingerprint density at radius 3 is 2.41 bits per heavy atom. The van der Waals surface area contributed by atoms with Crippen LogP contribution in [0, 0.1) is 5.92 Å². The third kappa shape index (κ3) is 2.71. The number of rotatable bonds is 3. The molecule has 0 aliphatic heterocycles. The van der Waals surface area contributed by atoms with E-state index in [1.807, 2.05) is 0 Å². The molecule has 3 rings (SSSR count). The first-order chi connectivity index (χ1) is 8.33. The third-order valence-electron chi connectivity index (χ3n) is 4.48. The molecule has 17 heavy (non-hydrogen) atoms. The maximum Gasteiger partial charge on any atom is 0.0145 e. The van der Waals surface area contributed by atoms with E-state index in [2.05, 4.69) is 42.6 Å². The van der Waals surface area contributed by atoms with Crippen molar-refractivity contribution >= 4 is 0 Å². The molecular weight excluding hydrogens is 206 g/mol. The molecule has 0 heterocycles. The largest absolute Gasteiger partial charge is 0.311 e. The predicted molar refractivity (Wildman–Crippen MR) is 72.1 cm³/mol. The van der Waals surface area contributed by atoms with Gasteiger partial charge in [0.15, 0.2) is 0 Å². The Kier molecular flexibility index (Phi) is 3.19. The molecule has 92 valence electrons. The van der Waals surface area contributed by atoms with E-state index in [9.17, 15) is 0 Å². The van der Waals surface area contributed by atoms with Gasteiger partial charge >= 0.3 is 0 Å². The maximum atomic E-state index is 3.86. The molecule has 1 nitrogen and oxygen atoms in total. The highest BCUT2D eigenvalue weighted by Crippen LogP contribution is 2.41. The lowest BCUT2D eigenvalue weighted by atomic mass is 9.87. The van der Waals surface area contributed by atoms with E-state index >= 15 is 0 Å². The summed E-state index contributed by atoms with van der Waals surface area (Å²) in [4.78, 5) is 0. The van der Waals surface area contributed by atoms with Crippen LogP contribution in [0.5, 0.6) is 0 Å². The number of benzene rings is 1. The minimum absolute atomic E-state index is 0.760. The normalized spacial score (nSPS) is 36.8. The van der Waals surface area contributed by atoms with Crippen molar-refractivity contribution in [3.63, 3.8) is 0 Å². The standard InChI is InChI=1S/C16H23N/c1-12-7-9-14(10-8-12)17-16-11-15(16)13-5-3-2-4-6-13/h2-6,12,14-17H,7-11H2,1H3/t12-,14-,15-,16+/m0/s1. The molecule has 0 radical (unpaired) electrons. The highest BCUT2D eigenvalue weighted by atomic mass is 15.0. The second kappa shape index (κ2) is 4.81. The molecule has 0 amide bonds. The van der Waals surface area contributed by atoms with Crippen LogP contribution in [0.1, 0.15) is 50.5 Å². The molecule has 1 N–H and O–H groups in total. The van der Waals surface area contributed by atoms with Crippen molar-refractivity contribution in [2.24, 2.45) is 5.92 Å². The molecule has 0 aromatic heterocycles. The Morgan fingerprint density at radius 1 is 1.00 bits per heavy atom. The van der Waals surface area contributed by atoms with E-state index in [1.165, 1.54) is 37.7 Å². The van der Waals surface area contributed by atoms with Gasteiger partial charge in [0.2, 0.25) is 0 Å². The van der Waals surface area contributed by atoms with Crippen LogP contribution in [0.4, 0.5) is 0 Å². The fourth-order valence-electron chi connectivity index (χ4n) is 3.18. The van der Waals surface area contributed by atoms with Gasteiger partial charge in [-0.1, -0.05) is 37.3 Å². The first-order valence-corrected chi connectivity index (χ1v) is 7.14. The van der Waals surface area contributed by atoms with Crippen molar-refractivity contribution < 1.29 is 0 Å². The fraction of sp³-hybridized carbons (Fsp3) is 0.625. The molecule has 2 saturated carbocycles. The Morgan fingerprint density at radius 2 is 1.71 bits per heavy atom. The highest BCUT2D eigenvalue weighted by molar-refractivity contribution is 5.27. The quantitative estimate of drug-likeness (QED) is 0.833. The molecule has 2 fully saturated rings. The average Bonchev–Trinajstić information content (AvgIpc) is 3.13. The van der Waals surface area contributed by atoms with Crippen LogP contribution in [-0.2, 0) is 0 Å². The van der Waals surface area contributed by atoms with Crippen LogP contribution in [0.15, 0.2) is 30.3 Å². The minimum Gasteiger partial charge on any atom is -0.311 e. The Hall–Kier alpha value is -0.820. The highest BCUT2D eigenvalue weighted by Gasteiger charge is 2.39. The Labute approximate surface area is 105 Å². The second-order valence-corrected chi connectivity index (χ2v) is 5.98. The first kappa shape index (κ1) is 11.3. The summed E-state index contributed by atoms with van der Waals surface area (Å²) in [6.07, 6.45) is 6.95. The Bertz CT molecular complexity index is 351. The molecule has 0 bridgehead atoms. The van der Waals surface area contributed by atoms with Gasteiger partial charge < -0.3 is 5.32 Å². The molecule has 2 atom stereocenters. The van der Waals surface area contributed by atoms with E-state index in [1.54, 1.807) is 0 Å². The maximum absolute atomic E-state index is 3.86. The molecule has 1 aromatic carbocycles. The van der Waals surface area contributed by atoms with Crippen LogP contribution in [0.3, 0.4) is 0 Å². The van der Waals surface area contributed by atoms with E-state index < -0.39 is 0 Å². The molecule has 0 spiro atoms. The lowest BCUT2D eigenvalue weighted by molar-refractivity contribution is 0.305. The zero-order chi connectivity index (χ0) is 11.7. The van der Waals surface area contributed by atoms with Crippen LogP contribution in [0.2, 0.25) is 0 Å². The van der Waals surface area contributed by atoms with Gasteiger partial charge in [-0.25, -0.2) is 0 Å². The topological polar surface area (TPSA) is 12.0 Å². The zero-order valence-electron chi connectivity index (χ0n) is 10.7. The van der Waals surface area contributed by atoms with Gasteiger partial charge in [0.25, 0.3) is 0 Å². The number of hydrogen-bond acceptors (Lipinski definition) is 1. The van der Waals surface area contributed by atoms with E-state index in [-0.39, 0.29) is 0 Å². The summed E-state index contributed by atoms with van der Waals surface area (Å²) >= 11 is 0. The lowest BCUT2D eigenvalue weighted by Crippen LogP contribution is -2.34. The monoisotopic (exact) mass is 229 g/mol. The van der Waals surface area contributed by atoms with Gasteiger partial charge in [-0.15, -0.1) is 0 Å². The van der Waals surface area contributed by atoms with E-state index in [4.69, 9.17) is 0 Å². The minimum atomic E-state index is 0.760. The first-order valence-electron chi connectivity index (χ1n) is 7.14. The molecule has 0 saturated heterocycles. The Balaban J connectivity index is 1.49. The summed E-state index contributed by atoms with van der Waals surface area (Å²) in [5, 5.41) is 3.86. The van der Waals surface area contributed by atoms with Crippen molar-refractivity contribution in [3.05, 3.63) is 35.9 Å². The average molecular weight is 229 g/mol. The second-order valence-electron chi connectivity index (χ2n) is 5.98. The summed E-state index contributed by atoms with van der Waals surface area (Å²) in [5.41, 5.74) is 1.52. The molecule has 1 heteroatoms. The van der Waals surface area contributed by atoms with E-state index in [0.29, 0.717) is 0 Å². The van der Waals surface area contributed by atoms with Crippen LogP contribution in [0.25, 0.3) is 0 Å². The van der Waals surface area contributed by atoms with Crippen molar-refractivity contribution in [1.29, 1.82) is 0 Å². The van der Waals surface area contributed by atoms with Crippen molar-refractivity contribution in [2.45, 2.75) is 57.0 Å². The van der Waals surface area contributed by atoms with Gasteiger partial charge in [-0.3, -0.25) is 0 Å². The van der Waals surface area contributed by atoms with Gasteiger partial charge in [-0.2, -0.15) is 0 Å². The van der Waals surface area contributed by atoms with Crippen LogP contribution >= 0.6 is 0 Å². The zero-order valence-corrected chi connectivity index (χ0v) is 10.7. The van der Waals surface area contributed by atoms with E-state index in [0.717, 1.165) is 23.9 Å². The predicted octanol–water partition coefficient (Wildman–Crippen LogP) is 3.71. The number of hydrogen-bond donors (Lipinski definition) is 1. The van der Waals surface area contributed by atoms with Gasteiger partial charge in [0, 0.05) is 18.0 Å². The van der Waals surface area contributed by atoms with Crippen molar-refractivity contribution in [2.75, 3.05) is 0 Å². The van der Waals surface area contributed by atoms with Crippen molar-refractivity contribution in [1.82, 2.24) is 5.32 Å². The summed E-state index contributed by atoms with van der Waals surface area (Å²) < 4.78 is 0. The summed E-state index contributed by atoms with van der Waals surface area (Å²) in [7, 11) is 0. The van der Waals surface area contributed by atoms with Crippen LogP contribution < -0.4 is 5.32 Å². The summed E-state index contributed by atoms with van der Waals surface area (Å²) in [5.74, 6) is 1.74. The van der Waals surface area contributed by atoms with Crippen molar-refractivity contribution in [3.8, 4) is 0 Å². The van der Waals surface area contributed by atoms with Gasteiger partial charge in [0.05, 0.1) is 0 Å². The van der Waals surface area contributed by atoms with Crippen LogP contribution in [-0.4, -0.2) is 12.1 Å². The molecule has 2 aliphatic carbocycles. The molecule has 2 aliphatic rings. The molecular formula is C16H23N. The number of nitrogens with one attached hydrogen (secondary N) is 1. The summed E-state index contributed by atoms with van der Waals surface area (Å²) in [6.45, 7) is 2.39. The van der Waals surface area contributed by atoms with Gasteiger partial charge in [0.1, 0.15) is 0 Å². The SMILES string of the molecule is C[C@H]1CC[C@H](N[C@@H]2C[C@H]2c2ccccc2)CC1. The third-order valence-corrected chi connectivity index (χ3v) is 4.48. The lowest BCUT2D eigenvalue weighted by Gasteiger charge is -2.27. The summed E-state index contributed by atoms with van der Waals surface area (Å²) in [6, 6.07) is 12.5. The molecule has 1 aromatic rings.